The van der Waals surface area contributed by atoms with E-state index in [1.165, 1.54) is 4.90 Å². The second-order valence-corrected chi connectivity index (χ2v) is 6.10. The number of halogens is 1. The smallest absolute Gasteiger partial charge is 0.323 e. The highest BCUT2D eigenvalue weighted by Gasteiger charge is 2.26. The summed E-state index contributed by atoms with van der Waals surface area (Å²) in [7, 11) is 0. The summed E-state index contributed by atoms with van der Waals surface area (Å²) in [5.74, 6) is -0.0775. The summed E-state index contributed by atoms with van der Waals surface area (Å²) < 4.78 is 1.07. The van der Waals surface area contributed by atoms with E-state index in [2.05, 4.69) is 15.9 Å². The molecule has 1 rings (SSSR count). The number of benzene rings is 1. The van der Waals surface area contributed by atoms with Crippen LogP contribution in [-0.2, 0) is 4.79 Å². The minimum Gasteiger partial charge on any atom is -0.480 e. The predicted octanol–water partition coefficient (Wildman–Crippen LogP) is 3.12. The third kappa shape index (κ3) is 4.69. The summed E-state index contributed by atoms with van der Waals surface area (Å²) in [6.45, 7) is 1.55. The molecule has 0 fully saturated rings. The van der Waals surface area contributed by atoms with E-state index in [9.17, 15) is 4.79 Å². The third-order valence-electron chi connectivity index (χ3n) is 2.42. The Morgan fingerprint density at radius 3 is 2.76 bits per heavy atom. The van der Waals surface area contributed by atoms with Crippen LogP contribution < -0.4 is 5.73 Å². The Balaban J connectivity index is 2.35. The van der Waals surface area contributed by atoms with E-state index in [4.69, 9.17) is 10.8 Å². The van der Waals surface area contributed by atoms with Crippen LogP contribution in [0.4, 0.5) is 0 Å². The topological polar surface area (TPSA) is 63.3 Å². The van der Waals surface area contributed by atoms with Crippen LogP contribution in [0.2, 0.25) is 0 Å². The Kier molecular flexibility index (Phi) is 5.49. The summed E-state index contributed by atoms with van der Waals surface area (Å²) in [5, 5.41) is 8.86. The van der Waals surface area contributed by atoms with E-state index in [-0.39, 0.29) is 0 Å². The van der Waals surface area contributed by atoms with Crippen LogP contribution in [0.15, 0.2) is 33.6 Å². The summed E-state index contributed by atoms with van der Waals surface area (Å²) in [6.07, 6.45) is 1.27. The molecule has 1 unspecified atom stereocenters. The molecule has 3 nitrogen and oxygen atoms in total. The minimum absolute atomic E-state index is 0.486. The lowest BCUT2D eigenvalue weighted by atomic mass is 9.98. The average Bonchev–Trinajstić information content (AvgIpc) is 2.26. The van der Waals surface area contributed by atoms with Gasteiger partial charge < -0.3 is 10.8 Å². The van der Waals surface area contributed by atoms with Crippen LogP contribution in [0.5, 0.6) is 0 Å². The largest absolute Gasteiger partial charge is 0.480 e. The highest BCUT2D eigenvalue weighted by molar-refractivity contribution is 9.10. The van der Waals surface area contributed by atoms with Crippen molar-refractivity contribution in [1.29, 1.82) is 0 Å². The highest BCUT2D eigenvalue weighted by Crippen LogP contribution is 2.28. The molecule has 0 saturated heterocycles. The van der Waals surface area contributed by atoms with Gasteiger partial charge in [0.25, 0.3) is 0 Å². The van der Waals surface area contributed by atoms with Crippen molar-refractivity contribution in [3.63, 3.8) is 0 Å². The summed E-state index contributed by atoms with van der Waals surface area (Å²) in [6, 6.07) is 7.98. The number of rotatable bonds is 6. The fourth-order valence-electron chi connectivity index (χ4n) is 1.29. The molecule has 0 bridgehead atoms. The lowest BCUT2D eigenvalue weighted by Gasteiger charge is -2.18. The standard InChI is InChI=1S/C12H16BrNO2S/c1-12(14,11(15)16)7-4-8-17-10-6-3-2-5-9(10)13/h2-3,5-6H,4,7-8,14H2,1H3,(H,15,16). The Bertz CT molecular complexity index is 396. The first-order valence-corrected chi connectivity index (χ1v) is 7.11. The number of aliphatic carboxylic acids is 1. The molecule has 1 atom stereocenters. The van der Waals surface area contributed by atoms with Crippen molar-refractivity contribution in [2.75, 3.05) is 5.75 Å². The lowest BCUT2D eigenvalue weighted by Crippen LogP contribution is -2.44. The maximum absolute atomic E-state index is 10.8. The molecule has 0 spiro atoms. The number of hydrogen-bond acceptors (Lipinski definition) is 3. The van der Waals surface area contributed by atoms with Gasteiger partial charge in [-0.15, -0.1) is 11.8 Å². The van der Waals surface area contributed by atoms with Gasteiger partial charge in [0.2, 0.25) is 0 Å². The molecule has 0 aliphatic heterocycles. The number of thioether (sulfide) groups is 1. The molecule has 0 heterocycles. The van der Waals surface area contributed by atoms with E-state index >= 15 is 0 Å². The van der Waals surface area contributed by atoms with Gasteiger partial charge in [0, 0.05) is 9.37 Å². The monoisotopic (exact) mass is 317 g/mol. The number of nitrogens with two attached hydrogens (primary N) is 1. The van der Waals surface area contributed by atoms with Gasteiger partial charge in [-0.2, -0.15) is 0 Å². The fourth-order valence-corrected chi connectivity index (χ4v) is 2.81. The number of carbonyl (C=O) groups is 1. The van der Waals surface area contributed by atoms with Crippen molar-refractivity contribution in [3.8, 4) is 0 Å². The number of carboxylic acid groups (broad SMARTS) is 1. The number of carboxylic acids is 1. The Morgan fingerprint density at radius 2 is 2.18 bits per heavy atom. The van der Waals surface area contributed by atoms with Gasteiger partial charge in [0.15, 0.2) is 0 Å². The fraction of sp³-hybridized carbons (Fsp3) is 0.417. The Morgan fingerprint density at radius 1 is 1.53 bits per heavy atom. The first-order chi connectivity index (χ1) is 7.93. The van der Waals surface area contributed by atoms with Crippen LogP contribution in [0.1, 0.15) is 19.8 Å². The second kappa shape index (κ2) is 6.42. The van der Waals surface area contributed by atoms with Gasteiger partial charge in [-0.05, 0) is 53.6 Å². The van der Waals surface area contributed by atoms with Gasteiger partial charge in [-0.3, -0.25) is 4.79 Å². The molecule has 0 saturated carbocycles. The normalized spacial score (nSPS) is 14.3. The van der Waals surface area contributed by atoms with Crippen molar-refractivity contribution in [2.24, 2.45) is 5.73 Å². The van der Waals surface area contributed by atoms with E-state index in [0.717, 1.165) is 16.6 Å². The van der Waals surface area contributed by atoms with E-state index in [1.807, 2.05) is 24.3 Å². The van der Waals surface area contributed by atoms with Crippen molar-refractivity contribution in [1.82, 2.24) is 0 Å². The molecule has 0 radical (unpaired) electrons. The summed E-state index contributed by atoms with van der Waals surface area (Å²) >= 11 is 5.18. The summed E-state index contributed by atoms with van der Waals surface area (Å²) in [4.78, 5) is 12.0. The van der Waals surface area contributed by atoms with Crippen LogP contribution in [0.25, 0.3) is 0 Å². The molecular formula is C12H16BrNO2S. The molecule has 0 amide bonds. The molecule has 94 valence electrons. The van der Waals surface area contributed by atoms with Crippen LogP contribution in [0, 0.1) is 0 Å². The Hall–Kier alpha value is -0.520. The van der Waals surface area contributed by atoms with E-state index in [0.29, 0.717) is 6.42 Å². The first-order valence-electron chi connectivity index (χ1n) is 5.33. The van der Waals surface area contributed by atoms with Gasteiger partial charge in [-0.1, -0.05) is 12.1 Å². The Labute approximate surface area is 114 Å². The maximum Gasteiger partial charge on any atom is 0.323 e. The maximum atomic E-state index is 10.8. The SMILES string of the molecule is CC(N)(CCCSc1ccccc1Br)C(=O)O. The third-order valence-corrected chi connectivity index (χ3v) is 4.54. The van der Waals surface area contributed by atoms with Gasteiger partial charge in [-0.25, -0.2) is 0 Å². The zero-order valence-electron chi connectivity index (χ0n) is 9.65. The zero-order chi connectivity index (χ0) is 12.9. The van der Waals surface area contributed by atoms with Crippen molar-refractivity contribution in [2.45, 2.75) is 30.2 Å². The molecular weight excluding hydrogens is 302 g/mol. The van der Waals surface area contributed by atoms with Crippen LogP contribution in [0.3, 0.4) is 0 Å². The highest BCUT2D eigenvalue weighted by atomic mass is 79.9. The molecule has 5 heteroatoms. The van der Waals surface area contributed by atoms with Gasteiger partial charge >= 0.3 is 5.97 Å². The van der Waals surface area contributed by atoms with Crippen LogP contribution >= 0.6 is 27.7 Å². The average molecular weight is 318 g/mol. The lowest BCUT2D eigenvalue weighted by molar-refractivity contribution is -0.142. The summed E-state index contributed by atoms with van der Waals surface area (Å²) in [5.41, 5.74) is 4.53. The van der Waals surface area contributed by atoms with Crippen molar-refractivity contribution in [3.05, 3.63) is 28.7 Å². The van der Waals surface area contributed by atoms with Gasteiger partial charge in [0.05, 0.1) is 0 Å². The molecule has 0 aliphatic carbocycles. The quantitative estimate of drug-likeness (QED) is 0.625. The molecule has 0 aromatic heterocycles. The van der Waals surface area contributed by atoms with Crippen molar-refractivity contribution < 1.29 is 9.90 Å². The van der Waals surface area contributed by atoms with Gasteiger partial charge in [0.1, 0.15) is 5.54 Å². The molecule has 1 aromatic carbocycles. The molecule has 1 aromatic rings. The first kappa shape index (κ1) is 14.5. The zero-order valence-corrected chi connectivity index (χ0v) is 12.1. The molecule has 3 N–H and O–H groups in total. The molecule has 0 aliphatic rings. The molecule has 17 heavy (non-hydrogen) atoms. The second-order valence-electron chi connectivity index (χ2n) is 4.11. The van der Waals surface area contributed by atoms with E-state index < -0.39 is 11.5 Å². The number of hydrogen-bond donors (Lipinski definition) is 2. The van der Waals surface area contributed by atoms with Crippen LogP contribution in [-0.4, -0.2) is 22.4 Å². The predicted molar refractivity (Wildman–Crippen MR) is 74.3 cm³/mol. The minimum atomic E-state index is -1.12. The van der Waals surface area contributed by atoms with Crippen molar-refractivity contribution >= 4 is 33.7 Å². The van der Waals surface area contributed by atoms with E-state index in [1.54, 1.807) is 18.7 Å².